The van der Waals surface area contributed by atoms with Crippen molar-refractivity contribution < 1.29 is 9.90 Å². The molecular weight excluding hydrogens is 224 g/mol. The van der Waals surface area contributed by atoms with E-state index in [1.54, 1.807) is 24.3 Å². The van der Waals surface area contributed by atoms with Crippen LogP contribution in [0.2, 0.25) is 0 Å². The maximum absolute atomic E-state index is 11.3. The average molecular weight is 238 g/mol. The van der Waals surface area contributed by atoms with E-state index in [2.05, 4.69) is 5.32 Å². The molecule has 0 fully saturated rings. The number of nitrogens with two attached hydrogens (primary N) is 1. The molecule has 0 unspecified atom stereocenters. The maximum Gasteiger partial charge on any atom is 0.224 e. The summed E-state index contributed by atoms with van der Waals surface area (Å²) in [6.45, 7) is 0.0216. The number of hydrogen-bond acceptors (Lipinski definition) is 3. The zero-order valence-electron chi connectivity index (χ0n) is 8.77. The van der Waals surface area contributed by atoms with Crippen molar-refractivity contribution in [2.24, 2.45) is 5.73 Å². The Balaban J connectivity index is 2.55. The normalized spacial score (nSPS) is 9.81. The van der Waals surface area contributed by atoms with Gasteiger partial charge in [-0.1, -0.05) is 12.2 Å². The Morgan fingerprint density at radius 3 is 2.50 bits per heavy atom. The van der Waals surface area contributed by atoms with Gasteiger partial charge in [0.1, 0.15) is 4.99 Å². The molecule has 0 spiro atoms. The molecule has 1 rings (SSSR count). The highest BCUT2D eigenvalue weighted by molar-refractivity contribution is 7.80. The van der Waals surface area contributed by atoms with Crippen molar-refractivity contribution in [3.63, 3.8) is 0 Å². The van der Waals surface area contributed by atoms with E-state index in [0.29, 0.717) is 23.5 Å². The second-order valence-electron chi connectivity index (χ2n) is 3.32. The molecule has 0 saturated heterocycles. The summed E-state index contributed by atoms with van der Waals surface area (Å²) in [6.07, 6.45) is 0.782. The predicted molar refractivity (Wildman–Crippen MR) is 67.3 cm³/mol. The fourth-order valence-corrected chi connectivity index (χ4v) is 1.32. The Kier molecular flexibility index (Phi) is 4.88. The van der Waals surface area contributed by atoms with Gasteiger partial charge in [-0.25, -0.2) is 0 Å². The van der Waals surface area contributed by atoms with Crippen molar-refractivity contribution in [1.29, 1.82) is 0 Å². The van der Waals surface area contributed by atoms with Gasteiger partial charge in [-0.2, -0.15) is 0 Å². The van der Waals surface area contributed by atoms with Crippen molar-refractivity contribution in [2.45, 2.75) is 12.8 Å². The molecule has 16 heavy (non-hydrogen) atoms. The second kappa shape index (κ2) is 6.19. The first kappa shape index (κ1) is 12.6. The number of hydrogen-bond donors (Lipinski definition) is 3. The van der Waals surface area contributed by atoms with Gasteiger partial charge in [-0.15, -0.1) is 0 Å². The van der Waals surface area contributed by atoms with E-state index in [1.165, 1.54) is 0 Å². The number of thiocarbonyl (C=S) groups is 1. The molecule has 0 aliphatic rings. The third kappa shape index (κ3) is 3.96. The van der Waals surface area contributed by atoms with Gasteiger partial charge < -0.3 is 16.2 Å². The van der Waals surface area contributed by atoms with E-state index in [4.69, 9.17) is 23.1 Å². The van der Waals surface area contributed by atoms with E-state index in [1.807, 2.05) is 0 Å². The monoisotopic (exact) mass is 238 g/mol. The van der Waals surface area contributed by atoms with Crippen LogP contribution in [0.15, 0.2) is 24.3 Å². The first-order valence-electron chi connectivity index (χ1n) is 4.94. The van der Waals surface area contributed by atoms with Crippen LogP contribution < -0.4 is 11.1 Å². The van der Waals surface area contributed by atoms with Crippen molar-refractivity contribution in [3.8, 4) is 0 Å². The number of amides is 1. The molecule has 0 heterocycles. The molecular formula is C11H14N2O2S. The summed E-state index contributed by atoms with van der Waals surface area (Å²) in [7, 11) is 0. The van der Waals surface area contributed by atoms with Crippen LogP contribution in [0, 0.1) is 0 Å². The number of anilines is 1. The van der Waals surface area contributed by atoms with E-state index in [0.717, 1.165) is 5.56 Å². The summed E-state index contributed by atoms with van der Waals surface area (Å²) in [5, 5.41) is 11.3. The van der Waals surface area contributed by atoms with E-state index in [9.17, 15) is 4.79 Å². The van der Waals surface area contributed by atoms with Gasteiger partial charge in [0.25, 0.3) is 0 Å². The number of carbonyl (C=O) groups excluding carboxylic acids is 1. The van der Waals surface area contributed by atoms with Gasteiger partial charge in [-0.05, 0) is 30.7 Å². The fourth-order valence-electron chi connectivity index (χ4n) is 1.18. The average Bonchev–Trinajstić information content (AvgIpc) is 2.27. The molecule has 0 aliphatic carbocycles. The molecule has 1 aromatic rings. The standard InChI is InChI=1S/C11H14N2O2S/c12-11(16)8-3-5-9(6-4-8)13-10(15)2-1-7-14/h3-6,14H,1-2,7H2,(H2,12,16)(H,13,15). The molecule has 0 saturated carbocycles. The minimum absolute atomic E-state index is 0.0216. The van der Waals surface area contributed by atoms with Crippen molar-refractivity contribution in [1.82, 2.24) is 0 Å². The topological polar surface area (TPSA) is 75.3 Å². The highest BCUT2D eigenvalue weighted by Crippen LogP contribution is 2.10. The fraction of sp³-hybridized carbons (Fsp3) is 0.273. The number of benzene rings is 1. The third-order valence-electron chi connectivity index (χ3n) is 2.02. The van der Waals surface area contributed by atoms with Crippen molar-refractivity contribution in [2.75, 3.05) is 11.9 Å². The summed E-state index contributed by atoms with van der Waals surface area (Å²) >= 11 is 4.81. The largest absolute Gasteiger partial charge is 0.396 e. The first-order chi connectivity index (χ1) is 7.63. The molecule has 0 aliphatic heterocycles. The molecule has 4 N–H and O–H groups in total. The Labute approximate surface area is 99.5 Å². The van der Waals surface area contributed by atoms with Crippen LogP contribution in [0.5, 0.6) is 0 Å². The van der Waals surface area contributed by atoms with Crippen LogP contribution >= 0.6 is 12.2 Å². The molecule has 5 heteroatoms. The van der Waals surface area contributed by atoms with Crippen LogP contribution in [-0.2, 0) is 4.79 Å². The van der Waals surface area contributed by atoms with Gasteiger partial charge in [0.15, 0.2) is 0 Å². The zero-order valence-corrected chi connectivity index (χ0v) is 9.59. The highest BCUT2D eigenvalue weighted by Gasteiger charge is 2.02. The lowest BCUT2D eigenvalue weighted by Crippen LogP contribution is -2.12. The van der Waals surface area contributed by atoms with Crippen LogP contribution in [-0.4, -0.2) is 22.6 Å². The van der Waals surface area contributed by atoms with Crippen molar-refractivity contribution >= 4 is 28.8 Å². The quantitative estimate of drug-likeness (QED) is 0.670. The Bertz CT molecular complexity index is 376. The molecule has 4 nitrogen and oxygen atoms in total. The molecule has 0 bridgehead atoms. The van der Waals surface area contributed by atoms with Gasteiger partial charge in [0.05, 0.1) is 0 Å². The van der Waals surface area contributed by atoms with Crippen LogP contribution in [0.1, 0.15) is 18.4 Å². The maximum atomic E-state index is 11.3. The summed E-state index contributed by atoms with van der Waals surface area (Å²) in [4.78, 5) is 11.6. The van der Waals surface area contributed by atoms with Gasteiger partial charge in [0, 0.05) is 24.3 Å². The molecule has 1 aromatic carbocycles. The second-order valence-corrected chi connectivity index (χ2v) is 3.76. The first-order valence-corrected chi connectivity index (χ1v) is 5.35. The number of aliphatic hydroxyl groups excluding tert-OH is 1. The number of carbonyl (C=O) groups is 1. The minimum atomic E-state index is -0.114. The summed E-state index contributed by atoms with van der Waals surface area (Å²) in [6, 6.07) is 6.99. The van der Waals surface area contributed by atoms with Gasteiger partial charge >= 0.3 is 0 Å². The third-order valence-corrected chi connectivity index (χ3v) is 2.25. The lowest BCUT2D eigenvalue weighted by Gasteiger charge is -2.05. The van der Waals surface area contributed by atoms with E-state index >= 15 is 0 Å². The smallest absolute Gasteiger partial charge is 0.224 e. The zero-order chi connectivity index (χ0) is 12.0. The van der Waals surface area contributed by atoms with Crippen LogP contribution in [0.3, 0.4) is 0 Å². The van der Waals surface area contributed by atoms with E-state index in [-0.39, 0.29) is 12.5 Å². The summed E-state index contributed by atoms with van der Waals surface area (Å²) in [5.41, 5.74) is 6.91. The van der Waals surface area contributed by atoms with Gasteiger partial charge in [0.2, 0.25) is 5.91 Å². The Hall–Kier alpha value is -1.46. The SMILES string of the molecule is NC(=S)c1ccc(NC(=O)CCCO)cc1. The molecule has 0 aromatic heterocycles. The minimum Gasteiger partial charge on any atom is -0.396 e. The van der Waals surface area contributed by atoms with Crippen LogP contribution in [0.25, 0.3) is 0 Å². The van der Waals surface area contributed by atoms with Crippen LogP contribution in [0.4, 0.5) is 5.69 Å². The number of nitrogens with one attached hydrogen (secondary N) is 1. The predicted octanol–water partition coefficient (Wildman–Crippen LogP) is 1.03. The lowest BCUT2D eigenvalue weighted by atomic mass is 10.2. The molecule has 86 valence electrons. The van der Waals surface area contributed by atoms with E-state index < -0.39 is 0 Å². The Morgan fingerprint density at radius 2 is 2.00 bits per heavy atom. The van der Waals surface area contributed by atoms with Crippen molar-refractivity contribution in [3.05, 3.63) is 29.8 Å². The Morgan fingerprint density at radius 1 is 1.38 bits per heavy atom. The van der Waals surface area contributed by atoms with Gasteiger partial charge in [-0.3, -0.25) is 4.79 Å². The number of rotatable bonds is 5. The summed E-state index contributed by atoms with van der Waals surface area (Å²) < 4.78 is 0. The number of aliphatic hydroxyl groups is 1. The molecule has 0 radical (unpaired) electrons. The molecule has 0 atom stereocenters. The molecule has 1 amide bonds. The highest BCUT2D eigenvalue weighted by atomic mass is 32.1. The summed E-state index contributed by atoms with van der Waals surface area (Å²) in [5.74, 6) is -0.114. The lowest BCUT2D eigenvalue weighted by molar-refractivity contribution is -0.116.